The summed E-state index contributed by atoms with van der Waals surface area (Å²) >= 11 is 0. The lowest BCUT2D eigenvalue weighted by molar-refractivity contribution is -0.131. The molecule has 0 saturated carbocycles. The minimum Gasteiger partial charge on any atom is -0.341 e. The molecule has 6 nitrogen and oxygen atoms in total. The number of amides is 1. The van der Waals surface area contributed by atoms with Crippen LogP contribution >= 0.6 is 12.4 Å². The van der Waals surface area contributed by atoms with Crippen LogP contribution in [0.15, 0.2) is 29.2 Å². The molecule has 2 heterocycles. The van der Waals surface area contributed by atoms with E-state index in [1.807, 2.05) is 0 Å². The summed E-state index contributed by atoms with van der Waals surface area (Å²) in [5, 5.41) is 3.33. The normalized spacial score (nSPS) is 19.7. The van der Waals surface area contributed by atoms with Crippen molar-refractivity contribution in [1.29, 1.82) is 0 Å². The molecule has 2 aliphatic rings. The second kappa shape index (κ2) is 10.5. The van der Waals surface area contributed by atoms with Gasteiger partial charge < -0.3 is 10.2 Å². The summed E-state index contributed by atoms with van der Waals surface area (Å²) in [5.41, 5.74) is 0. The smallest absolute Gasteiger partial charge is 0.243 e. The molecule has 0 unspecified atom stereocenters. The van der Waals surface area contributed by atoms with Gasteiger partial charge in [-0.1, -0.05) is 0 Å². The molecule has 0 atom stereocenters. The van der Waals surface area contributed by atoms with Crippen LogP contribution in [0.5, 0.6) is 0 Å². The average molecular weight is 434 g/mol. The van der Waals surface area contributed by atoms with Crippen LogP contribution in [0.4, 0.5) is 4.39 Å². The van der Waals surface area contributed by atoms with Crippen molar-refractivity contribution in [2.75, 3.05) is 39.3 Å². The molecule has 158 valence electrons. The van der Waals surface area contributed by atoms with Crippen molar-refractivity contribution >= 4 is 28.3 Å². The van der Waals surface area contributed by atoms with Crippen molar-refractivity contribution in [1.82, 2.24) is 14.5 Å². The molecular weight excluding hydrogens is 405 g/mol. The van der Waals surface area contributed by atoms with Crippen molar-refractivity contribution in [2.45, 2.75) is 37.0 Å². The van der Waals surface area contributed by atoms with Gasteiger partial charge in [0.1, 0.15) is 5.82 Å². The Balaban J connectivity index is 0.00000280. The summed E-state index contributed by atoms with van der Waals surface area (Å²) in [6, 6.07) is 4.89. The van der Waals surface area contributed by atoms with E-state index in [-0.39, 0.29) is 29.8 Å². The summed E-state index contributed by atoms with van der Waals surface area (Å²) < 4.78 is 40.0. The minimum atomic E-state index is -3.66. The molecule has 28 heavy (non-hydrogen) atoms. The van der Waals surface area contributed by atoms with Gasteiger partial charge in [0.05, 0.1) is 4.90 Å². The quantitative estimate of drug-likeness (QED) is 0.773. The van der Waals surface area contributed by atoms with E-state index in [2.05, 4.69) is 5.32 Å². The van der Waals surface area contributed by atoms with Crippen LogP contribution in [0, 0.1) is 11.7 Å². The first kappa shape index (κ1) is 23.1. The Morgan fingerprint density at radius 3 is 2.43 bits per heavy atom. The molecule has 0 aliphatic carbocycles. The SMILES string of the molecule is Cl.O=C(CCC1CCNCC1)N1CCCN(S(=O)(=O)c2ccc(F)cc2)CC1. The van der Waals surface area contributed by atoms with Crippen LogP contribution in [0.3, 0.4) is 0 Å². The lowest BCUT2D eigenvalue weighted by Crippen LogP contribution is -2.37. The number of hydrogen-bond acceptors (Lipinski definition) is 4. The molecule has 2 aliphatic heterocycles. The van der Waals surface area contributed by atoms with E-state index in [0.29, 0.717) is 38.4 Å². The van der Waals surface area contributed by atoms with Gasteiger partial charge in [-0.3, -0.25) is 4.79 Å². The number of sulfonamides is 1. The number of carbonyl (C=O) groups is 1. The van der Waals surface area contributed by atoms with Gasteiger partial charge in [-0.25, -0.2) is 12.8 Å². The van der Waals surface area contributed by atoms with E-state index in [0.717, 1.165) is 44.5 Å². The van der Waals surface area contributed by atoms with Gasteiger partial charge in [-0.2, -0.15) is 4.31 Å². The van der Waals surface area contributed by atoms with Gasteiger partial charge in [0, 0.05) is 32.6 Å². The third kappa shape index (κ3) is 5.89. The predicted molar refractivity (Wildman–Crippen MR) is 108 cm³/mol. The molecular formula is C19H29ClFN3O3S. The van der Waals surface area contributed by atoms with Gasteiger partial charge in [-0.05, 0) is 69.0 Å². The number of benzene rings is 1. The molecule has 3 rings (SSSR count). The molecule has 2 fully saturated rings. The zero-order valence-electron chi connectivity index (χ0n) is 16.0. The van der Waals surface area contributed by atoms with Crippen LogP contribution in [0.2, 0.25) is 0 Å². The molecule has 0 spiro atoms. The Kier molecular flexibility index (Phi) is 8.67. The van der Waals surface area contributed by atoms with E-state index in [1.54, 1.807) is 4.90 Å². The first-order chi connectivity index (χ1) is 13.0. The van der Waals surface area contributed by atoms with Crippen molar-refractivity contribution in [3.63, 3.8) is 0 Å². The Labute approximate surface area is 172 Å². The molecule has 1 aromatic carbocycles. The molecule has 1 aromatic rings. The Morgan fingerprint density at radius 1 is 1.07 bits per heavy atom. The fourth-order valence-corrected chi connectivity index (χ4v) is 5.26. The first-order valence-corrected chi connectivity index (χ1v) is 11.1. The van der Waals surface area contributed by atoms with E-state index in [9.17, 15) is 17.6 Å². The summed E-state index contributed by atoms with van der Waals surface area (Å²) in [4.78, 5) is 14.4. The molecule has 0 radical (unpaired) electrons. The number of carbonyl (C=O) groups excluding carboxylic acids is 1. The van der Waals surface area contributed by atoms with Crippen LogP contribution < -0.4 is 5.32 Å². The number of nitrogens with zero attached hydrogens (tertiary/aromatic N) is 2. The summed E-state index contributed by atoms with van der Waals surface area (Å²) in [6.07, 6.45) is 4.30. The maximum Gasteiger partial charge on any atom is 0.243 e. The second-order valence-corrected chi connectivity index (χ2v) is 9.26. The standard InChI is InChI=1S/C19H28FN3O3S.ClH/c20-17-3-5-18(6-4-17)27(25,26)23-13-1-12-22(14-15-23)19(24)7-2-16-8-10-21-11-9-16;/h3-6,16,21H,1-2,7-15H2;1H. The van der Waals surface area contributed by atoms with Gasteiger partial charge in [0.25, 0.3) is 0 Å². The number of rotatable bonds is 5. The highest BCUT2D eigenvalue weighted by atomic mass is 35.5. The van der Waals surface area contributed by atoms with Crippen LogP contribution in [0.25, 0.3) is 0 Å². The monoisotopic (exact) mass is 433 g/mol. The zero-order valence-corrected chi connectivity index (χ0v) is 17.6. The maximum atomic E-state index is 13.1. The van der Waals surface area contributed by atoms with Crippen molar-refractivity contribution < 1.29 is 17.6 Å². The summed E-state index contributed by atoms with van der Waals surface area (Å²) in [7, 11) is -3.66. The highest BCUT2D eigenvalue weighted by Gasteiger charge is 2.28. The molecule has 9 heteroatoms. The van der Waals surface area contributed by atoms with Gasteiger partial charge in [0.2, 0.25) is 15.9 Å². The fourth-order valence-electron chi connectivity index (χ4n) is 3.80. The highest BCUT2D eigenvalue weighted by Crippen LogP contribution is 2.21. The van der Waals surface area contributed by atoms with E-state index in [1.165, 1.54) is 16.4 Å². The lowest BCUT2D eigenvalue weighted by Gasteiger charge is -2.25. The minimum absolute atomic E-state index is 0. The molecule has 1 N–H and O–H groups in total. The van der Waals surface area contributed by atoms with Crippen molar-refractivity contribution in [3.05, 3.63) is 30.1 Å². The predicted octanol–water partition coefficient (Wildman–Crippen LogP) is 2.25. The Bertz CT molecular complexity index is 739. The summed E-state index contributed by atoms with van der Waals surface area (Å²) in [6.45, 7) is 3.69. The van der Waals surface area contributed by atoms with Crippen LogP contribution in [-0.4, -0.2) is 62.8 Å². The van der Waals surface area contributed by atoms with Crippen molar-refractivity contribution in [3.8, 4) is 0 Å². The highest BCUT2D eigenvalue weighted by molar-refractivity contribution is 7.89. The van der Waals surface area contributed by atoms with Gasteiger partial charge in [0.15, 0.2) is 0 Å². The van der Waals surface area contributed by atoms with E-state index < -0.39 is 15.8 Å². The fraction of sp³-hybridized carbons (Fsp3) is 0.632. The maximum absolute atomic E-state index is 13.1. The Morgan fingerprint density at radius 2 is 1.75 bits per heavy atom. The molecule has 0 bridgehead atoms. The Hall–Kier alpha value is -1.22. The van der Waals surface area contributed by atoms with E-state index in [4.69, 9.17) is 0 Å². The third-order valence-corrected chi connectivity index (χ3v) is 7.40. The van der Waals surface area contributed by atoms with E-state index >= 15 is 0 Å². The summed E-state index contributed by atoms with van der Waals surface area (Å²) in [5.74, 6) is 0.266. The van der Waals surface area contributed by atoms with Crippen LogP contribution in [0.1, 0.15) is 32.1 Å². The first-order valence-electron chi connectivity index (χ1n) is 9.71. The van der Waals surface area contributed by atoms with Gasteiger partial charge in [-0.15, -0.1) is 12.4 Å². The number of halogens is 2. The average Bonchev–Trinajstić information content (AvgIpc) is 2.94. The van der Waals surface area contributed by atoms with Crippen LogP contribution in [-0.2, 0) is 14.8 Å². The molecule has 1 amide bonds. The zero-order chi connectivity index (χ0) is 19.3. The topological polar surface area (TPSA) is 69.7 Å². The lowest BCUT2D eigenvalue weighted by atomic mass is 9.93. The van der Waals surface area contributed by atoms with Gasteiger partial charge >= 0.3 is 0 Å². The van der Waals surface area contributed by atoms with Crippen molar-refractivity contribution in [2.24, 2.45) is 5.92 Å². The number of hydrogen-bond donors (Lipinski definition) is 1. The molecule has 0 aromatic heterocycles. The number of piperidine rings is 1. The number of nitrogens with one attached hydrogen (secondary N) is 1. The second-order valence-electron chi connectivity index (χ2n) is 7.32. The molecule has 2 saturated heterocycles. The largest absolute Gasteiger partial charge is 0.341 e. The third-order valence-electron chi connectivity index (χ3n) is 5.48.